The van der Waals surface area contributed by atoms with Crippen LogP contribution in [-0.2, 0) is 24.3 Å². The molecule has 7 nitrogen and oxygen atoms in total. The molecule has 5 rings (SSSR count). The number of rotatable bonds is 5. The third-order valence-corrected chi connectivity index (χ3v) is 7.20. The molecule has 33 heavy (non-hydrogen) atoms. The molecule has 1 aromatic heterocycles. The zero-order valence-electron chi connectivity index (χ0n) is 19.3. The Morgan fingerprint density at radius 3 is 2.79 bits per heavy atom. The van der Waals surface area contributed by atoms with Crippen LogP contribution in [0.2, 0.25) is 0 Å². The quantitative estimate of drug-likeness (QED) is 0.710. The summed E-state index contributed by atoms with van der Waals surface area (Å²) in [6, 6.07) is 7.94. The normalized spacial score (nSPS) is 22.9. The first-order chi connectivity index (χ1) is 16.1. The maximum Gasteiger partial charge on any atom is 0.255 e. The number of hydrogen-bond donors (Lipinski definition) is 1. The number of H-pyrrole nitrogens is 1. The second kappa shape index (κ2) is 9.51. The summed E-state index contributed by atoms with van der Waals surface area (Å²) >= 11 is 0. The van der Waals surface area contributed by atoms with E-state index in [2.05, 4.69) is 34.2 Å². The van der Waals surface area contributed by atoms with Crippen molar-refractivity contribution >= 4 is 5.91 Å². The first kappa shape index (κ1) is 21.9. The number of nitrogens with zero attached hydrogens (tertiary/aromatic N) is 3. The van der Waals surface area contributed by atoms with Crippen molar-refractivity contribution in [1.29, 1.82) is 0 Å². The number of benzene rings is 1. The molecule has 1 N–H and O–H groups in total. The van der Waals surface area contributed by atoms with E-state index in [9.17, 15) is 9.59 Å². The Hall–Kier alpha value is -2.93. The standard InChI is InChI=1S/C26H32N4O3/c1-33-20-11-9-18(10-12-20)16-29-15-13-22-21(17-29)25(31)28-24(27-22)23-8-5-14-30(23)26(32)19-6-3-2-4-7-19/h2-3,9-12,19,23H,4-8,13-17H2,1H3,(H,27,28,31)/t19-,23-/m1/s1. The van der Waals surface area contributed by atoms with E-state index in [-0.39, 0.29) is 23.4 Å². The number of hydrogen-bond acceptors (Lipinski definition) is 5. The van der Waals surface area contributed by atoms with Crippen molar-refractivity contribution in [3.63, 3.8) is 0 Å². The lowest BCUT2D eigenvalue weighted by Crippen LogP contribution is -2.39. The van der Waals surface area contributed by atoms with Crippen LogP contribution in [0.15, 0.2) is 41.2 Å². The Labute approximate surface area is 194 Å². The van der Waals surface area contributed by atoms with E-state index >= 15 is 0 Å². The van der Waals surface area contributed by atoms with Crippen LogP contribution >= 0.6 is 0 Å². The predicted octanol–water partition coefficient (Wildman–Crippen LogP) is 3.36. The molecule has 0 saturated carbocycles. The third-order valence-electron chi connectivity index (χ3n) is 7.20. The Morgan fingerprint density at radius 1 is 1.18 bits per heavy atom. The van der Waals surface area contributed by atoms with Crippen molar-refractivity contribution in [2.45, 2.75) is 57.7 Å². The number of methoxy groups -OCH3 is 1. The maximum atomic E-state index is 13.2. The van der Waals surface area contributed by atoms with Gasteiger partial charge < -0.3 is 14.6 Å². The van der Waals surface area contributed by atoms with E-state index in [4.69, 9.17) is 9.72 Å². The summed E-state index contributed by atoms with van der Waals surface area (Å²) in [5.41, 5.74) is 2.78. The van der Waals surface area contributed by atoms with Gasteiger partial charge in [0.2, 0.25) is 5.91 Å². The summed E-state index contributed by atoms with van der Waals surface area (Å²) in [4.78, 5) is 38.4. The molecule has 0 bridgehead atoms. The molecule has 2 atom stereocenters. The van der Waals surface area contributed by atoms with Gasteiger partial charge >= 0.3 is 0 Å². The molecule has 0 unspecified atom stereocenters. The fraction of sp³-hybridized carbons (Fsp3) is 0.500. The minimum Gasteiger partial charge on any atom is -0.497 e. The van der Waals surface area contributed by atoms with Crippen LogP contribution in [0.25, 0.3) is 0 Å². The van der Waals surface area contributed by atoms with Crippen LogP contribution in [0.1, 0.15) is 60.8 Å². The van der Waals surface area contributed by atoms with Gasteiger partial charge in [0.05, 0.1) is 24.4 Å². The molecule has 3 heterocycles. The fourth-order valence-electron chi connectivity index (χ4n) is 5.35. The van der Waals surface area contributed by atoms with Gasteiger partial charge in [-0.2, -0.15) is 0 Å². The second-order valence-corrected chi connectivity index (χ2v) is 9.36. The first-order valence-electron chi connectivity index (χ1n) is 12.0. The number of carbonyl (C=O) groups is 1. The van der Waals surface area contributed by atoms with Gasteiger partial charge in [0.15, 0.2) is 0 Å². The third kappa shape index (κ3) is 4.60. The number of ether oxygens (including phenoxy) is 1. The van der Waals surface area contributed by atoms with Gasteiger partial charge in [-0.15, -0.1) is 0 Å². The molecule has 1 fully saturated rings. The largest absolute Gasteiger partial charge is 0.497 e. The number of nitrogens with one attached hydrogen (secondary N) is 1. The first-order valence-corrected chi connectivity index (χ1v) is 12.0. The van der Waals surface area contributed by atoms with E-state index in [1.807, 2.05) is 17.0 Å². The minimum atomic E-state index is -0.112. The topological polar surface area (TPSA) is 78.5 Å². The van der Waals surface area contributed by atoms with E-state index in [1.54, 1.807) is 7.11 Å². The lowest BCUT2D eigenvalue weighted by molar-refractivity contribution is -0.136. The van der Waals surface area contributed by atoms with Crippen LogP contribution in [0.3, 0.4) is 0 Å². The highest BCUT2D eigenvalue weighted by Gasteiger charge is 2.36. The van der Waals surface area contributed by atoms with Crippen molar-refractivity contribution < 1.29 is 9.53 Å². The van der Waals surface area contributed by atoms with Crippen LogP contribution < -0.4 is 10.3 Å². The highest BCUT2D eigenvalue weighted by molar-refractivity contribution is 5.80. The van der Waals surface area contributed by atoms with E-state index < -0.39 is 0 Å². The summed E-state index contributed by atoms with van der Waals surface area (Å²) < 4.78 is 5.24. The van der Waals surface area contributed by atoms with Gasteiger partial charge in [0.25, 0.3) is 5.56 Å². The van der Waals surface area contributed by atoms with E-state index in [1.165, 1.54) is 5.56 Å². The van der Waals surface area contributed by atoms with Crippen molar-refractivity contribution in [1.82, 2.24) is 19.8 Å². The van der Waals surface area contributed by atoms with Crippen LogP contribution in [-0.4, -0.2) is 45.9 Å². The molecular weight excluding hydrogens is 416 g/mol. The molecule has 3 aliphatic rings. The average molecular weight is 449 g/mol. The van der Waals surface area contributed by atoms with Crippen molar-refractivity contribution in [3.8, 4) is 5.75 Å². The highest BCUT2D eigenvalue weighted by Crippen LogP contribution is 2.33. The number of likely N-dealkylation sites (tertiary alicyclic amines) is 1. The molecule has 1 aromatic carbocycles. The Bertz CT molecular complexity index is 1090. The fourth-order valence-corrected chi connectivity index (χ4v) is 5.35. The Kier molecular flexibility index (Phi) is 6.31. The number of allylic oxidation sites excluding steroid dienone is 2. The number of aromatic nitrogens is 2. The molecular formula is C26H32N4O3. The summed E-state index contributed by atoms with van der Waals surface area (Å²) in [6.07, 6.45) is 9.54. The Morgan fingerprint density at radius 2 is 2.03 bits per heavy atom. The molecule has 1 amide bonds. The van der Waals surface area contributed by atoms with Gasteiger partial charge in [-0.1, -0.05) is 24.3 Å². The predicted molar refractivity (Wildman–Crippen MR) is 126 cm³/mol. The van der Waals surface area contributed by atoms with Gasteiger partial charge in [0.1, 0.15) is 11.6 Å². The number of fused-ring (bicyclic) bond motifs is 1. The minimum absolute atomic E-state index is 0.0608. The lowest BCUT2D eigenvalue weighted by Gasteiger charge is -2.31. The molecule has 0 spiro atoms. The second-order valence-electron chi connectivity index (χ2n) is 9.36. The molecule has 174 valence electrons. The zero-order chi connectivity index (χ0) is 22.8. The summed E-state index contributed by atoms with van der Waals surface area (Å²) in [5.74, 6) is 1.79. The zero-order valence-corrected chi connectivity index (χ0v) is 19.3. The Balaban J connectivity index is 1.31. The molecule has 0 radical (unpaired) electrons. The van der Waals surface area contributed by atoms with Gasteiger partial charge in [-0.25, -0.2) is 4.98 Å². The van der Waals surface area contributed by atoms with Crippen LogP contribution in [0, 0.1) is 5.92 Å². The molecule has 2 aromatic rings. The van der Waals surface area contributed by atoms with Crippen LogP contribution in [0.5, 0.6) is 5.75 Å². The smallest absolute Gasteiger partial charge is 0.255 e. The van der Waals surface area contributed by atoms with Gasteiger partial charge in [-0.05, 0) is 49.8 Å². The maximum absolute atomic E-state index is 13.2. The molecule has 7 heteroatoms. The number of aromatic amines is 1. The summed E-state index contributed by atoms with van der Waals surface area (Å²) in [7, 11) is 1.66. The average Bonchev–Trinajstić information content (AvgIpc) is 3.35. The molecule has 1 saturated heterocycles. The van der Waals surface area contributed by atoms with Gasteiger partial charge in [0, 0.05) is 38.5 Å². The molecule has 2 aliphatic heterocycles. The van der Waals surface area contributed by atoms with Crippen molar-refractivity contribution in [2.24, 2.45) is 5.92 Å². The number of carbonyl (C=O) groups excluding carboxylic acids is 1. The monoisotopic (exact) mass is 448 g/mol. The molecule has 1 aliphatic carbocycles. The summed E-state index contributed by atoms with van der Waals surface area (Å²) in [6.45, 7) is 2.98. The highest BCUT2D eigenvalue weighted by atomic mass is 16.5. The van der Waals surface area contributed by atoms with Crippen molar-refractivity contribution in [3.05, 3.63) is 69.4 Å². The van der Waals surface area contributed by atoms with E-state index in [0.29, 0.717) is 12.4 Å². The number of amides is 1. The lowest BCUT2D eigenvalue weighted by atomic mass is 9.93. The van der Waals surface area contributed by atoms with E-state index in [0.717, 1.165) is 75.2 Å². The van der Waals surface area contributed by atoms with Crippen LogP contribution in [0.4, 0.5) is 0 Å². The van der Waals surface area contributed by atoms with Crippen molar-refractivity contribution in [2.75, 3.05) is 20.2 Å². The summed E-state index contributed by atoms with van der Waals surface area (Å²) in [5, 5.41) is 0. The van der Waals surface area contributed by atoms with Gasteiger partial charge in [-0.3, -0.25) is 14.5 Å². The SMILES string of the molecule is COc1ccc(CN2CCc3nc([C@H]4CCCN4C(=O)[C@@H]4CC=CCC4)[nH]c(=O)c3C2)cc1.